The second kappa shape index (κ2) is 8.20. The van der Waals surface area contributed by atoms with E-state index < -0.39 is 11.2 Å². The van der Waals surface area contributed by atoms with Gasteiger partial charge in [0.2, 0.25) is 0 Å². The Labute approximate surface area is 198 Å². The summed E-state index contributed by atoms with van der Waals surface area (Å²) >= 11 is 2.28. The van der Waals surface area contributed by atoms with E-state index in [1.807, 2.05) is 30.3 Å². The van der Waals surface area contributed by atoms with Gasteiger partial charge in [0.15, 0.2) is 0 Å². The van der Waals surface area contributed by atoms with Gasteiger partial charge in [-0.05, 0) is 69.5 Å². The zero-order valence-electron chi connectivity index (χ0n) is 17.8. The Morgan fingerprint density at radius 1 is 1.09 bits per heavy atom. The van der Waals surface area contributed by atoms with E-state index in [-0.39, 0.29) is 0 Å². The molecule has 1 aliphatic heterocycles. The van der Waals surface area contributed by atoms with Gasteiger partial charge in [0.05, 0.1) is 23.1 Å². The second-order valence-electron chi connectivity index (χ2n) is 8.47. The van der Waals surface area contributed by atoms with Crippen LogP contribution in [0.2, 0.25) is 0 Å². The standard InChI is InChI=1S/C25H23IN4O2/c1-16-9-10-28(14-16)23-13-22-20(12-21(23)26)24(31)30(27-2)25(32)29(22)15-17-7-8-18-5-3-4-6-19(18)11-17/h3-8,11-13,16H,2,9-10,14-15H2,1H3/t16-/m1/s1. The van der Waals surface area contributed by atoms with Crippen molar-refractivity contribution < 1.29 is 0 Å². The van der Waals surface area contributed by atoms with Crippen LogP contribution in [0.5, 0.6) is 0 Å². The van der Waals surface area contributed by atoms with Crippen molar-refractivity contribution in [2.24, 2.45) is 11.0 Å². The zero-order valence-corrected chi connectivity index (χ0v) is 19.9. The third-order valence-electron chi connectivity index (χ3n) is 6.25. The van der Waals surface area contributed by atoms with E-state index in [1.54, 1.807) is 4.57 Å². The van der Waals surface area contributed by atoms with Gasteiger partial charge in [-0.2, -0.15) is 5.10 Å². The fourth-order valence-electron chi connectivity index (χ4n) is 4.56. The highest BCUT2D eigenvalue weighted by atomic mass is 127. The number of benzene rings is 3. The van der Waals surface area contributed by atoms with Crippen LogP contribution >= 0.6 is 22.6 Å². The molecule has 32 heavy (non-hydrogen) atoms. The molecule has 1 aromatic heterocycles. The lowest BCUT2D eigenvalue weighted by Crippen LogP contribution is -2.38. The number of hydrogen-bond acceptors (Lipinski definition) is 4. The van der Waals surface area contributed by atoms with Crippen molar-refractivity contribution >= 4 is 56.7 Å². The molecular formula is C25H23IN4O2. The predicted octanol–water partition coefficient (Wildman–Crippen LogP) is 4.28. The fraction of sp³-hybridized carbons (Fsp3) is 0.240. The van der Waals surface area contributed by atoms with Crippen molar-refractivity contribution in [2.45, 2.75) is 19.9 Å². The first-order chi connectivity index (χ1) is 15.5. The average molecular weight is 538 g/mol. The summed E-state index contributed by atoms with van der Waals surface area (Å²) in [5.41, 5.74) is 1.76. The lowest BCUT2D eigenvalue weighted by molar-refractivity contribution is 0.659. The lowest BCUT2D eigenvalue weighted by atomic mass is 10.1. The summed E-state index contributed by atoms with van der Waals surface area (Å²) in [7, 11) is 0. The van der Waals surface area contributed by atoms with Crippen molar-refractivity contribution in [3.63, 3.8) is 0 Å². The molecule has 4 aromatic rings. The molecule has 1 fully saturated rings. The highest BCUT2D eigenvalue weighted by Gasteiger charge is 2.23. The maximum atomic E-state index is 13.2. The van der Waals surface area contributed by atoms with Gasteiger partial charge in [-0.3, -0.25) is 9.36 Å². The molecule has 0 aliphatic carbocycles. The minimum atomic E-state index is -0.479. The van der Waals surface area contributed by atoms with E-state index in [2.05, 4.69) is 70.5 Å². The molecule has 1 aliphatic rings. The summed E-state index contributed by atoms with van der Waals surface area (Å²) in [5, 5.41) is 6.44. The number of hydrogen-bond donors (Lipinski definition) is 0. The number of fused-ring (bicyclic) bond motifs is 2. The first-order valence-electron chi connectivity index (χ1n) is 10.6. The third kappa shape index (κ3) is 3.54. The van der Waals surface area contributed by atoms with Gasteiger partial charge in [0, 0.05) is 23.4 Å². The van der Waals surface area contributed by atoms with Crippen LogP contribution in [0, 0.1) is 9.49 Å². The Balaban J connectivity index is 1.72. The monoisotopic (exact) mass is 538 g/mol. The molecule has 0 spiro atoms. The summed E-state index contributed by atoms with van der Waals surface area (Å²) in [4.78, 5) is 28.6. The number of halogens is 1. The first-order valence-corrected chi connectivity index (χ1v) is 11.7. The Morgan fingerprint density at radius 2 is 1.88 bits per heavy atom. The van der Waals surface area contributed by atoms with Gasteiger partial charge in [-0.1, -0.05) is 43.3 Å². The molecule has 0 amide bonds. The van der Waals surface area contributed by atoms with Crippen LogP contribution in [0.15, 0.2) is 69.3 Å². The topological polar surface area (TPSA) is 59.6 Å². The highest BCUT2D eigenvalue weighted by molar-refractivity contribution is 14.1. The van der Waals surface area contributed by atoms with Crippen molar-refractivity contribution in [1.82, 2.24) is 9.24 Å². The van der Waals surface area contributed by atoms with E-state index in [1.165, 1.54) is 0 Å². The second-order valence-corrected chi connectivity index (χ2v) is 9.63. The lowest BCUT2D eigenvalue weighted by Gasteiger charge is -2.22. The van der Waals surface area contributed by atoms with Crippen LogP contribution in [-0.4, -0.2) is 29.1 Å². The molecule has 0 N–H and O–H groups in total. The van der Waals surface area contributed by atoms with Crippen LogP contribution < -0.4 is 16.1 Å². The molecule has 7 heteroatoms. The highest BCUT2D eigenvalue weighted by Crippen LogP contribution is 2.31. The van der Waals surface area contributed by atoms with Crippen molar-refractivity contribution in [3.8, 4) is 0 Å². The van der Waals surface area contributed by atoms with E-state index >= 15 is 0 Å². The van der Waals surface area contributed by atoms with Gasteiger partial charge < -0.3 is 4.90 Å². The molecule has 1 atom stereocenters. The summed E-state index contributed by atoms with van der Waals surface area (Å²) in [6.45, 7) is 7.99. The average Bonchev–Trinajstić information content (AvgIpc) is 3.23. The Bertz CT molecular complexity index is 1490. The molecule has 0 bridgehead atoms. The molecule has 3 aromatic carbocycles. The maximum absolute atomic E-state index is 13.2. The third-order valence-corrected chi connectivity index (χ3v) is 7.12. The number of nitrogens with zero attached hydrogens (tertiary/aromatic N) is 4. The molecule has 0 radical (unpaired) electrons. The van der Waals surface area contributed by atoms with Crippen LogP contribution in [0.1, 0.15) is 18.9 Å². The van der Waals surface area contributed by atoms with E-state index in [4.69, 9.17) is 0 Å². The largest absolute Gasteiger partial charge is 0.370 e. The Kier molecular flexibility index (Phi) is 5.36. The summed E-state index contributed by atoms with van der Waals surface area (Å²) < 4.78 is 3.49. The first kappa shape index (κ1) is 20.9. The van der Waals surface area contributed by atoms with E-state index in [9.17, 15) is 9.59 Å². The van der Waals surface area contributed by atoms with Crippen molar-refractivity contribution in [3.05, 3.63) is 84.6 Å². The van der Waals surface area contributed by atoms with Gasteiger partial charge in [-0.15, -0.1) is 4.68 Å². The van der Waals surface area contributed by atoms with Crippen LogP contribution in [0.25, 0.3) is 21.7 Å². The summed E-state index contributed by atoms with van der Waals surface area (Å²) in [6.07, 6.45) is 1.14. The van der Waals surface area contributed by atoms with Crippen molar-refractivity contribution in [2.75, 3.05) is 18.0 Å². The summed E-state index contributed by atoms with van der Waals surface area (Å²) in [5.74, 6) is 0.624. The summed E-state index contributed by atoms with van der Waals surface area (Å²) in [6, 6.07) is 18.2. The Morgan fingerprint density at radius 3 is 2.59 bits per heavy atom. The molecular weight excluding hydrogens is 515 g/mol. The molecule has 0 saturated carbocycles. The molecule has 0 unspecified atom stereocenters. The van der Waals surface area contributed by atoms with Gasteiger partial charge in [-0.25, -0.2) is 4.79 Å². The molecule has 6 nitrogen and oxygen atoms in total. The quantitative estimate of drug-likeness (QED) is 0.288. The molecule has 2 heterocycles. The maximum Gasteiger partial charge on any atom is 0.352 e. The minimum absolute atomic E-state index is 0.340. The molecule has 5 rings (SSSR count). The smallest absolute Gasteiger partial charge is 0.352 e. The molecule has 1 saturated heterocycles. The van der Waals surface area contributed by atoms with Crippen LogP contribution in [-0.2, 0) is 6.54 Å². The number of anilines is 1. The minimum Gasteiger partial charge on any atom is -0.370 e. The normalized spacial score (nSPS) is 16.2. The van der Waals surface area contributed by atoms with Crippen molar-refractivity contribution in [1.29, 1.82) is 0 Å². The Hall–Kier alpha value is -2.94. The zero-order chi connectivity index (χ0) is 22.4. The number of rotatable bonds is 4. The van der Waals surface area contributed by atoms with E-state index in [0.29, 0.717) is 23.4 Å². The van der Waals surface area contributed by atoms with Gasteiger partial charge in [0.25, 0.3) is 5.56 Å². The van der Waals surface area contributed by atoms with E-state index in [0.717, 1.165) is 49.8 Å². The fourth-order valence-corrected chi connectivity index (χ4v) is 5.37. The van der Waals surface area contributed by atoms with Crippen LogP contribution in [0.3, 0.4) is 0 Å². The van der Waals surface area contributed by atoms with Gasteiger partial charge >= 0.3 is 5.69 Å². The SMILES string of the molecule is C=Nn1c(=O)c2cc(I)c(N3CC[C@@H](C)C3)cc2n(Cc2ccc3ccccc3c2)c1=O. The molecule has 162 valence electrons. The van der Waals surface area contributed by atoms with Gasteiger partial charge in [0.1, 0.15) is 0 Å². The predicted molar refractivity (Wildman–Crippen MR) is 139 cm³/mol. The number of aromatic nitrogens is 2. The van der Waals surface area contributed by atoms with Crippen LogP contribution in [0.4, 0.5) is 5.69 Å².